The van der Waals surface area contributed by atoms with Gasteiger partial charge < -0.3 is 26.4 Å². The summed E-state index contributed by atoms with van der Waals surface area (Å²) in [5.41, 5.74) is 12.8. The lowest BCUT2D eigenvalue weighted by atomic mass is 10.1. The van der Waals surface area contributed by atoms with Gasteiger partial charge in [0.2, 0.25) is 0 Å². The van der Waals surface area contributed by atoms with Crippen LogP contribution in [-0.4, -0.2) is 58.7 Å². The van der Waals surface area contributed by atoms with E-state index in [1.165, 1.54) is 17.7 Å². The molecule has 4 rings (SSSR count). The normalized spacial score (nSPS) is 14.0. The molecule has 0 spiro atoms. The molecule has 0 atom stereocenters. The Morgan fingerprint density at radius 2 is 2.00 bits per heavy atom. The first-order valence-electron chi connectivity index (χ1n) is 9.51. The minimum atomic E-state index is -0.521. The van der Waals surface area contributed by atoms with E-state index in [1.54, 1.807) is 18.5 Å². The molecule has 1 fully saturated rings. The van der Waals surface area contributed by atoms with Crippen molar-refractivity contribution in [1.82, 2.24) is 19.9 Å². The van der Waals surface area contributed by atoms with Crippen molar-refractivity contribution in [3.63, 3.8) is 0 Å². The van der Waals surface area contributed by atoms with Gasteiger partial charge in [0.25, 0.3) is 5.91 Å². The van der Waals surface area contributed by atoms with Gasteiger partial charge in [-0.1, -0.05) is 11.3 Å². The largest absolute Gasteiger partial charge is 0.378 e. The summed E-state index contributed by atoms with van der Waals surface area (Å²) in [5.74, 6) is 0.979. The Morgan fingerprint density at radius 1 is 1.17 bits per heavy atom. The molecule has 4 heterocycles. The molecule has 3 aromatic rings. The molecule has 0 saturated carbocycles. The maximum atomic E-state index is 11.8. The van der Waals surface area contributed by atoms with Crippen molar-refractivity contribution in [3.8, 4) is 10.4 Å². The van der Waals surface area contributed by atoms with Gasteiger partial charge in [0, 0.05) is 43.5 Å². The zero-order valence-corrected chi connectivity index (χ0v) is 17.1. The molecule has 5 N–H and O–H groups in total. The number of carbonyl (C=O) groups excluding carboxylic acids is 1. The number of primary amides is 1. The number of nitrogens with zero attached hydrogens (tertiary/aromatic N) is 5. The van der Waals surface area contributed by atoms with E-state index in [9.17, 15) is 4.79 Å². The zero-order valence-electron chi connectivity index (χ0n) is 16.2. The van der Waals surface area contributed by atoms with Crippen LogP contribution in [0.1, 0.15) is 16.1 Å². The molecule has 0 bridgehead atoms. The van der Waals surface area contributed by atoms with Crippen LogP contribution in [0.3, 0.4) is 0 Å². The maximum absolute atomic E-state index is 11.8. The van der Waals surface area contributed by atoms with Crippen LogP contribution in [0.2, 0.25) is 0 Å². The number of thiazole rings is 1. The molecule has 1 aliphatic rings. The van der Waals surface area contributed by atoms with Crippen molar-refractivity contribution in [1.29, 1.82) is 0 Å². The van der Waals surface area contributed by atoms with E-state index in [2.05, 4.69) is 30.2 Å². The minimum Gasteiger partial charge on any atom is -0.378 e. The van der Waals surface area contributed by atoms with Gasteiger partial charge in [-0.15, -0.1) is 0 Å². The lowest BCUT2D eigenvalue weighted by molar-refractivity contribution is 0.0999. The van der Waals surface area contributed by atoms with Crippen LogP contribution in [0.25, 0.3) is 10.4 Å². The van der Waals surface area contributed by atoms with E-state index < -0.39 is 5.91 Å². The predicted molar refractivity (Wildman–Crippen MR) is 115 cm³/mol. The number of anilines is 3. The average Bonchev–Trinajstić information content (AvgIpc) is 3.23. The Bertz CT molecular complexity index is 1030. The van der Waals surface area contributed by atoms with Crippen LogP contribution >= 0.6 is 11.3 Å². The summed E-state index contributed by atoms with van der Waals surface area (Å²) in [6.45, 7) is 3.37. The Balaban J connectivity index is 1.52. The second-order valence-electron chi connectivity index (χ2n) is 6.64. The lowest BCUT2D eigenvalue weighted by Crippen LogP contribution is -2.36. The van der Waals surface area contributed by atoms with E-state index in [0.29, 0.717) is 48.4 Å². The first-order chi connectivity index (χ1) is 14.6. The summed E-state index contributed by atoms with van der Waals surface area (Å²) in [7, 11) is 0. The Morgan fingerprint density at radius 3 is 2.77 bits per heavy atom. The summed E-state index contributed by atoms with van der Waals surface area (Å²) < 4.78 is 5.39. The van der Waals surface area contributed by atoms with Gasteiger partial charge >= 0.3 is 0 Å². The van der Waals surface area contributed by atoms with Crippen molar-refractivity contribution in [2.24, 2.45) is 11.5 Å². The summed E-state index contributed by atoms with van der Waals surface area (Å²) in [6.07, 6.45) is 5.45. The molecule has 0 unspecified atom stereocenters. The smallest absolute Gasteiger partial charge is 0.250 e. The quantitative estimate of drug-likeness (QED) is 0.507. The van der Waals surface area contributed by atoms with E-state index in [1.807, 2.05) is 6.07 Å². The van der Waals surface area contributed by atoms with E-state index in [4.69, 9.17) is 16.2 Å². The van der Waals surface area contributed by atoms with Crippen LogP contribution in [0.15, 0.2) is 30.9 Å². The number of pyridine rings is 1. The molecule has 11 heteroatoms. The first-order valence-corrected chi connectivity index (χ1v) is 10.3. The Hall–Kier alpha value is -3.15. The third-order valence-electron chi connectivity index (χ3n) is 4.63. The number of rotatable bonds is 7. The first kappa shape index (κ1) is 20.1. The molecular formula is C19H22N8O2S. The topological polar surface area (TPSA) is 145 Å². The Labute approximate surface area is 177 Å². The number of amides is 1. The predicted octanol–water partition coefficient (Wildman–Crippen LogP) is 1.18. The van der Waals surface area contributed by atoms with Crippen LogP contribution in [-0.2, 0) is 11.2 Å². The third-order valence-corrected chi connectivity index (χ3v) is 5.59. The highest BCUT2D eigenvalue weighted by Gasteiger charge is 2.15. The highest BCUT2D eigenvalue weighted by atomic mass is 32.1. The molecule has 156 valence electrons. The molecule has 30 heavy (non-hydrogen) atoms. The molecule has 3 aromatic heterocycles. The highest BCUT2D eigenvalue weighted by Crippen LogP contribution is 2.31. The van der Waals surface area contributed by atoms with Crippen molar-refractivity contribution >= 4 is 34.0 Å². The summed E-state index contributed by atoms with van der Waals surface area (Å²) in [6, 6.07) is 3.62. The number of hydrogen-bond donors (Lipinski definition) is 3. The zero-order chi connectivity index (χ0) is 20.9. The van der Waals surface area contributed by atoms with Gasteiger partial charge in [-0.05, 0) is 12.6 Å². The molecule has 1 amide bonds. The van der Waals surface area contributed by atoms with Crippen molar-refractivity contribution in [2.75, 3.05) is 43.1 Å². The van der Waals surface area contributed by atoms with Crippen LogP contribution in [0.5, 0.6) is 0 Å². The van der Waals surface area contributed by atoms with Gasteiger partial charge in [0.1, 0.15) is 18.0 Å². The number of nitrogens with one attached hydrogen (secondary N) is 1. The third kappa shape index (κ3) is 4.53. The number of morpholine rings is 1. The second kappa shape index (κ2) is 9.11. The van der Waals surface area contributed by atoms with Gasteiger partial charge in [-0.25, -0.2) is 15.0 Å². The fourth-order valence-corrected chi connectivity index (χ4v) is 3.94. The number of aromatic nitrogens is 4. The van der Waals surface area contributed by atoms with Crippen LogP contribution in [0.4, 0.5) is 16.8 Å². The molecule has 0 radical (unpaired) electrons. The average molecular weight is 427 g/mol. The van der Waals surface area contributed by atoms with Crippen molar-refractivity contribution in [3.05, 3.63) is 42.1 Å². The van der Waals surface area contributed by atoms with Crippen molar-refractivity contribution < 1.29 is 9.53 Å². The lowest BCUT2D eigenvalue weighted by Gasteiger charge is -2.27. The maximum Gasteiger partial charge on any atom is 0.250 e. The monoisotopic (exact) mass is 426 g/mol. The molecule has 0 aliphatic carbocycles. The molecule has 0 aromatic carbocycles. The summed E-state index contributed by atoms with van der Waals surface area (Å²) in [4.78, 5) is 32.2. The molecular weight excluding hydrogens is 404 g/mol. The Kier molecular flexibility index (Phi) is 6.12. The van der Waals surface area contributed by atoms with Gasteiger partial charge in [0.15, 0.2) is 5.13 Å². The second-order valence-corrected chi connectivity index (χ2v) is 7.67. The summed E-state index contributed by atoms with van der Waals surface area (Å²) >= 11 is 1.43. The number of ether oxygens (including phenoxy) is 1. The number of nitrogens with two attached hydrogens (primary N) is 2. The van der Waals surface area contributed by atoms with Gasteiger partial charge in [-0.3, -0.25) is 9.78 Å². The van der Waals surface area contributed by atoms with Gasteiger partial charge in [0.05, 0.1) is 29.3 Å². The number of hydrogen-bond acceptors (Lipinski definition) is 10. The molecule has 10 nitrogen and oxygen atoms in total. The van der Waals surface area contributed by atoms with E-state index in [0.717, 1.165) is 29.3 Å². The minimum absolute atomic E-state index is 0.381. The fraction of sp³-hybridized carbons (Fsp3) is 0.316. The summed E-state index contributed by atoms with van der Waals surface area (Å²) in [5, 5.41) is 3.88. The standard InChI is InChI=1S/C19H22N8O2S/c20-2-1-14-13(18(21)28)7-12(9-22-14)15-10-23-19(30-15)26-16-8-17(25-11-24-16)27-3-5-29-6-4-27/h7-11H,1-6,20H2,(H2,21,28)(H,23,24,25,26). The number of carbonyl (C=O) groups is 1. The van der Waals surface area contributed by atoms with E-state index in [-0.39, 0.29) is 0 Å². The highest BCUT2D eigenvalue weighted by molar-refractivity contribution is 7.18. The SMILES string of the molecule is NCCc1ncc(-c2cnc(Nc3cc(N4CCOCC4)ncn3)s2)cc1C(N)=O. The molecule has 1 aliphatic heterocycles. The molecule has 1 saturated heterocycles. The van der Waals surface area contributed by atoms with Crippen LogP contribution < -0.4 is 21.7 Å². The van der Waals surface area contributed by atoms with E-state index >= 15 is 0 Å². The van der Waals surface area contributed by atoms with Crippen molar-refractivity contribution in [2.45, 2.75) is 6.42 Å². The van der Waals surface area contributed by atoms with Crippen LogP contribution in [0, 0.1) is 0 Å². The fourth-order valence-electron chi connectivity index (χ4n) is 3.13. The van der Waals surface area contributed by atoms with Gasteiger partial charge in [-0.2, -0.15) is 0 Å².